The number of hydrogen-bond donors (Lipinski definition) is 11. The molecule has 22 heteroatoms. The van der Waals surface area contributed by atoms with E-state index in [9.17, 15) is 75.0 Å². The zero-order chi connectivity index (χ0) is 48.5. The molecule has 2 aliphatic heterocycles. The van der Waals surface area contributed by atoms with E-state index in [0.29, 0.717) is 0 Å². The molecule has 2 fully saturated rings. The van der Waals surface area contributed by atoms with Crippen LogP contribution < -0.4 is 10.1 Å². The number of nitrogens with zero attached hydrogens (tertiary/aromatic N) is 1. The van der Waals surface area contributed by atoms with Gasteiger partial charge in [-0.05, 0) is 56.6 Å². The largest absolute Gasteiger partial charge is 0.507 e. The fraction of sp³-hybridized carbons (Fsp3) is 0.432. The molecule has 0 saturated carbocycles. The van der Waals surface area contributed by atoms with E-state index in [0.717, 1.165) is 19.1 Å². The summed E-state index contributed by atoms with van der Waals surface area (Å²) in [4.78, 5) is 66.8. The number of carboxylic acid groups (broad SMARTS) is 2. The molecule has 2 saturated heterocycles. The zero-order valence-electron chi connectivity index (χ0n) is 35.9. The van der Waals surface area contributed by atoms with Crippen LogP contribution in [0.1, 0.15) is 84.9 Å². The summed E-state index contributed by atoms with van der Waals surface area (Å²) < 4.78 is 29.3. The van der Waals surface area contributed by atoms with Gasteiger partial charge in [-0.15, -0.1) is 0 Å². The number of methoxy groups -OCH3 is 1. The highest BCUT2D eigenvalue weighted by Gasteiger charge is 2.52. The van der Waals surface area contributed by atoms with Crippen molar-refractivity contribution in [2.24, 2.45) is 0 Å². The van der Waals surface area contributed by atoms with E-state index in [-0.39, 0.29) is 40.1 Å². The molecule has 0 bridgehead atoms. The van der Waals surface area contributed by atoms with Crippen molar-refractivity contribution in [3.8, 4) is 34.1 Å². The van der Waals surface area contributed by atoms with Gasteiger partial charge < -0.3 is 80.1 Å². The summed E-state index contributed by atoms with van der Waals surface area (Å²) in [5.41, 5.74) is -4.11. The number of aliphatic hydroxyl groups excluding tert-OH is 5. The molecule has 66 heavy (non-hydrogen) atoms. The number of aromatic hydroxyl groups is 3. The maximum Gasteiger partial charge on any atom is 0.332 e. The van der Waals surface area contributed by atoms with Crippen LogP contribution in [0.2, 0.25) is 0 Å². The molecule has 3 aromatic carbocycles. The van der Waals surface area contributed by atoms with E-state index in [1.165, 1.54) is 45.0 Å². The monoisotopic (exact) mass is 924 g/mol. The molecule has 3 aromatic rings. The molecule has 1 amide bonds. The van der Waals surface area contributed by atoms with Crippen LogP contribution in [0.15, 0.2) is 36.4 Å². The Labute approximate surface area is 374 Å². The number of amides is 1. The quantitative estimate of drug-likeness (QED) is 0.0816. The Bertz CT molecular complexity index is 2540. The summed E-state index contributed by atoms with van der Waals surface area (Å²) >= 11 is 0. The molecule has 4 aliphatic rings. The molecule has 12 atom stereocenters. The van der Waals surface area contributed by atoms with Crippen molar-refractivity contribution in [2.45, 2.75) is 94.3 Å². The van der Waals surface area contributed by atoms with Crippen LogP contribution in [-0.4, -0.2) is 174 Å². The van der Waals surface area contributed by atoms with E-state index in [2.05, 4.69) is 11.9 Å². The lowest BCUT2D eigenvalue weighted by Gasteiger charge is -2.49. The number of phenols is 3. The normalized spacial score (nSPS) is 28.4. The standard InChI is InChI=1S/C44H48N2O20/c1-13-7-21-27(34(53)24(13)40(57)45-15(3)42(60)61)26-19(10-20-28(35(26)54)31(50)18-8-17(62-6)9-22(47)25(18)30(20)49)32(51)38(21)65-44-37(56)39(66-43-36(55)33(52)23(48)12-63-43)29(16(4)64-44)46(5)11-14(2)41(58)59/h7-10,15-16,23,29,32-33,36-39,43-44,47-48,51-56H,2,11-12H2,1,3-6H3,(H,45,57)(H,58,59)(H,60,61)/t15?,16?,23?,29?,32-,33?,36?,37?,38-,39?,43?,44?/m0/s1. The third kappa shape index (κ3) is 8.03. The van der Waals surface area contributed by atoms with Crippen molar-refractivity contribution in [2.75, 3.05) is 27.3 Å². The van der Waals surface area contributed by atoms with E-state index in [4.69, 9.17) is 23.7 Å². The molecule has 7 rings (SSSR count). The van der Waals surface area contributed by atoms with Gasteiger partial charge in [-0.25, -0.2) is 4.79 Å². The highest BCUT2D eigenvalue weighted by atomic mass is 16.7. The molecule has 22 nitrogen and oxygen atoms in total. The number of aliphatic hydroxyl groups is 5. The van der Waals surface area contributed by atoms with Crippen LogP contribution in [0.3, 0.4) is 0 Å². The van der Waals surface area contributed by atoms with Gasteiger partial charge in [0.05, 0.1) is 42.6 Å². The molecule has 10 unspecified atom stereocenters. The Morgan fingerprint density at radius 1 is 0.864 bits per heavy atom. The number of rotatable bonds is 12. The minimum absolute atomic E-state index is 0.00925. The molecule has 2 heterocycles. The van der Waals surface area contributed by atoms with Gasteiger partial charge in [-0.3, -0.25) is 24.1 Å². The lowest BCUT2D eigenvalue weighted by Crippen LogP contribution is -2.66. The fourth-order valence-corrected chi connectivity index (χ4v) is 8.96. The lowest BCUT2D eigenvalue weighted by atomic mass is 9.74. The first-order valence-electron chi connectivity index (χ1n) is 20.4. The maximum absolute atomic E-state index is 14.2. The number of carbonyl (C=O) groups is 5. The fourth-order valence-electron chi connectivity index (χ4n) is 8.96. The number of carbonyl (C=O) groups excluding carboxylic acids is 3. The van der Waals surface area contributed by atoms with E-state index >= 15 is 0 Å². The number of aryl methyl sites for hydroxylation is 1. The average molecular weight is 925 g/mol. The van der Waals surface area contributed by atoms with E-state index < -0.39 is 160 Å². The Morgan fingerprint density at radius 3 is 2.14 bits per heavy atom. The molecule has 2 aliphatic carbocycles. The van der Waals surface area contributed by atoms with Gasteiger partial charge in [0, 0.05) is 40.4 Å². The minimum atomic E-state index is -1.98. The minimum Gasteiger partial charge on any atom is -0.507 e. The first kappa shape index (κ1) is 47.9. The van der Waals surface area contributed by atoms with Crippen LogP contribution in [0.25, 0.3) is 11.1 Å². The SMILES string of the molecule is C=C(CN(C)C1C(C)OC(O[C@H]2c3cc(C)c(C(=O)NC(C)C(=O)O)c(O)c3-c3c(cc4c(c3O)C(=O)c3cc(OC)cc(O)c3C4=O)[C@@H]2O)C(O)C1OC1OCC(O)C(O)C1O)C(=O)O. The van der Waals surface area contributed by atoms with Gasteiger partial charge >= 0.3 is 11.9 Å². The molecular formula is C44H48N2O20. The van der Waals surface area contributed by atoms with E-state index in [1.54, 1.807) is 0 Å². The van der Waals surface area contributed by atoms with Crippen molar-refractivity contribution >= 4 is 29.4 Å². The summed E-state index contributed by atoms with van der Waals surface area (Å²) in [7, 11) is 2.71. The predicted octanol–water partition coefficient (Wildman–Crippen LogP) is -0.258. The number of phenolic OH excluding ortho intramolecular Hbond substituents is 3. The third-order valence-electron chi connectivity index (χ3n) is 12.3. The highest BCUT2D eigenvalue weighted by Crippen LogP contribution is 2.57. The van der Waals surface area contributed by atoms with Gasteiger partial charge in [-0.2, -0.15) is 0 Å². The van der Waals surface area contributed by atoms with Crippen LogP contribution in [0.5, 0.6) is 23.0 Å². The summed E-state index contributed by atoms with van der Waals surface area (Å²) in [6, 6.07) is 1.99. The topological polar surface area (TPSA) is 349 Å². The van der Waals surface area contributed by atoms with Crippen molar-refractivity contribution in [1.29, 1.82) is 0 Å². The second-order valence-electron chi connectivity index (χ2n) is 16.6. The zero-order valence-corrected chi connectivity index (χ0v) is 35.9. The van der Waals surface area contributed by atoms with Crippen LogP contribution in [-0.2, 0) is 28.5 Å². The van der Waals surface area contributed by atoms with Crippen molar-refractivity contribution < 1.29 is 98.7 Å². The molecule has 354 valence electrons. The Hall–Kier alpha value is -6.05. The highest BCUT2D eigenvalue weighted by molar-refractivity contribution is 6.31. The molecule has 0 radical (unpaired) electrons. The van der Waals surface area contributed by atoms with Crippen molar-refractivity contribution in [3.63, 3.8) is 0 Å². The second kappa shape index (κ2) is 18.0. The number of fused-ring (bicyclic) bond motifs is 5. The van der Waals surface area contributed by atoms with Gasteiger partial charge in [0.2, 0.25) is 0 Å². The second-order valence-corrected chi connectivity index (χ2v) is 16.6. The van der Waals surface area contributed by atoms with Crippen molar-refractivity contribution in [3.05, 3.63) is 80.9 Å². The number of ether oxygens (including phenoxy) is 5. The number of hydrogen-bond acceptors (Lipinski definition) is 19. The summed E-state index contributed by atoms with van der Waals surface area (Å²) in [6.45, 7) is 6.76. The molecular weight excluding hydrogens is 876 g/mol. The Kier molecular flexibility index (Phi) is 13.0. The predicted molar refractivity (Wildman–Crippen MR) is 221 cm³/mol. The first-order chi connectivity index (χ1) is 31.0. The van der Waals surface area contributed by atoms with Crippen LogP contribution in [0, 0.1) is 6.92 Å². The van der Waals surface area contributed by atoms with Crippen LogP contribution >= 0.6 is 0 Å². The molecule has 0 aromatic heterocycles. The number of nitrogens with one attached hydrogen (secondary N) is 1. The number of likely N-dealkylation sites (N-methyl/N-ethyl adjacent to an activating group) is 1. The number of aliphatic carboxylic acids is 2. The maximum atomic E-state index is 14.2. The van der Waals surface area contributed by atoms with Crippen LogP contribution in [0.4, 0.5) is 0 Å². The van der Waals surface area contributed by atoms with Gasteiger partial charge in [0.1, 0.15) is 71.8 Å². The van der Waals surface area contributed by atoms with Gasteiger partial charge in [-0.1, -0.05) is 12.6 Å². The number of carboxylic acids is 2. The average Bonchev–Trinajstić information content (AvgIpc) is 3.25. The van der Waals surface area contributed by atoms with Crippen molar-refractivity contribution in [1.82, 2.24) is 10.2 Å². The third-order valence-corrected chi connectivity index (χ3v) is 12.3. The first-order valence-corrected chi connectivity index (χ1v) is 20.4. The van der Waals surface area contributed by atoms with Gasteiger partial charge in [0.15, 0.2) is 24.1 Å². The summed E-state index contributed by atoms with van der Waals surface area (Å²) in [5.74, 6) is -8.26. The lowest BCUT2D eigenvalue weighted by molar-refractivity contribution is -0.346. The summed E-state index contributed by atoms with van der Waals surface area (Å²) in [6.07, 6.45) is -17.0. The summed E-state index contributed by atoms with van der Waals surface area (Å²) in [5, 5.41) is 112. The molecule has 11 N–H and O–H groups in total. The Morgan fingerprint density at radius 2 is 1.50 bits per heavy atom. The van der Waals surface area contributed by atoms with E-state index in [1.807, 2.05) is 0 Å². The smallest absolute Gasteiger partial charge is 0.332 e. The Balaban J connectivity index is 1.37. The number of benzene rings is 3. The molecule has 0 spiro atoms. The van der Waals surface area contributed by atoms with Gasteiger partial charge in [0.25, 0.3) is 5.91 Å². The number of ketones is 2.